The number of fused-ring (bicyclic) bond motifs is 2. The molecule has 0 amide bonds. The first kappa shape index (κ1) is 11.3. The molecule has 2 saturated carbocycles. The van der Waals surface area contributed by atoms with Gasteiger partial charge in [-0.05, 0) is 55.9 Å². The number of benzene rings is 1. The fourth-order valence-electron chi connectivity index (χ4n) is 3.94. The van der Waals surface area contributed by atoms with Gasteiger partial charge in [0, 0.05) is 6.04 Å². The van der Waals surface area contributed by atoms with Gasteiger partial charge in [-0.15, -0.1) is 0 Å². The first-order chi connectivity index (χ1) is 8.22. The summed E-state index contributed by atoms with van der Waals surface area (Å²) in [7, 11) is 0. The highest BCUT2D eigenvalue weighted by Gasteiger charge is 2.39. The lowest BCUT2D eigenvalue weighted by atomic mass is 9.83. The molecule has 92 valence electrons. The molecule has 1 nitrogen and oxygen atoms in total. The van der Waals surface area contributed by atoms with Crippen LogP contribution >= 0.6 is 0 Å². The van der Waals surface area contributed by atoms with E-state index in [1.54, 1.807) is 0 Å². The first-order valence-corrected chi connectivity index (χ1v) is 7.04. The van der Waals surface area contributed by atoms with Gasteiger partial charge in [-0.1, -0.05) is 36.2 Å². The van der Waals surface area contributed by atoms with Gasteiger partial charge < -0.3 is 5.73 Å². The molecule has 2 bridgehead atoms. The predicted octanol–water partition coefficient (Wildman–Crippen LogP) is 3.82. The van der Waals surface area contributed by atoms with Crippen LogP contribution in [0.25, 0.3) is 0 Å². The molecule has 0 aromatic heterocycles. The van der Waals surface area contributed by atoms with E-state index in [0.29, 0.717) is 0 Å². The van der Waals surface area contributed by atoms with Gasteiger partial charge in [-0.25, -0.2) is 0 Å². The molecule has 17 heavy (non-hydrogen) atoms. The molecule has 2 aliphatic carbocycles. The quantitative estimate of drug-likeness (QED) is 0.837. The van der Waals surface area contributed by atoms with Gasteiger partial charge in [0.15, 0.2) is 0 Å². The zero-order chi connectivity index (χ0) is 11.8. The third-order valence-electron chi connectivity index (χ3n) is 4.95. The first-order valence-electron chi connectivity index (χ1n) is 7.04. The zero-order valence-electron chi connectivity index (χ0n) is 10.7. The standard InChI is InChI=1S/C16H23N/c1-11-2-5-13(6-3-11)16(17)10-15-9-12-4-7-14(15)8-12/h2-3,5-6,12,14-16H,4,7-10,17H2,1H3. The molecule has 2 fully saturated rings. The SMILES string of the molecule is Cc1ccc(C(N)CC2CC3CCC2C3)cc1. The summed E-state index contributed by atoms with van der Waals surface area (Å²) in [5.41, 5.74) is 8.99. The average Bonchev–Trinajstić information content (AvgIpc) is 2.91. The van der Waals surface area contributed by atoms with E-state index in [1.807, 2.05) is 0 Å². The van der Waals surface area contributed by atoms with E-state index in [9.17, 15) is 0 Å². The summed E-state index contributed by atoms with van der Waals surface area (Å²) in [5, 5.41) is 0. The Morgan fingerprint density at radius 1 is 1.18 bits per heavy atom. The molecule has 0 radical (unpaired) electrons. The molecule has 1 aromatic rings. The summed E-state index contributed by atoms with van der Waals surface area (Å²) in [4.78, 5) is 0. The lowest BCUT2D eigenvalue weighted by molar-refractivity contribution is 0.296. The second-order valence-electron chi connectivity index (χ2n) is 6.19. The van der Waals surface area contributed by atoms with E-state index in [1.165, 1.54) is 43.2 Å². The third-order valence-corrected chi connectivity index (χ3v) is 4.95. The van der Waals surface area contributed by atoms with Crippen molar-refractivity contribution >= 4 is 0 Å². The fraction of sp³-hybridized carbons (Fsp3) is 0.625. The van der Waals surface area contributed by atoms with Gasteiger partial charge in [0.2, 0.25) is 0 Å². The van der Waals surface area contributed by atoms with Crippen molar-refractivity contribution in [3.8, 4) is 0 Å². The summed E-state index contributed by atoms with van der Waals surface area (Å²) < 4.78 is 0. The molecule has 0 heterocycles. The van der Waals surface area contributed by atoms with Crippen molar-refractivity contribution in [1.82, 2.24) is 0 Å². The minimum atomic E-state index is 0.250. The second-order valence-corrected chi connectivity index (χ2v) is 6.19. The normalized spacial score (nSPS) is 32.9. The van der Waals surface area contributed by atoms with Crippen LogP contribution in [0.4, 0.5) is 0 Å². The van der Waals surface area contributed by atoms with Crippen molar-refractivity contribution in [2.75, 3.05) is 0 Å². The Morgan fingerprint density at radius 3 is 2.53 bits per heavy atom. The van der Waals surface area contributed by atoms with Gasteiger partial charge >= 0.3 is 0 Å². The molecular weight excluding hydrogens is 206 g/mol. The van der Waals surface area contributed by atoms with Crippen LogP contribution in [0.5, 0.6) is 0 Å². The van der Waals surface area contributed by atoms with Crippen LogP contribution in [-0.4, -0.2) is 0 Å². The molecule has 1 aromatic carbocycles. The summed E-state index contributed by atoms with van der Waals surface area (Å²) in [6.45, 7) is 2.13. The van der Waals surface area contributed by atoms with Gasteiger partial charge in [-0.3, -0.25) is 0 Å². The molecule has 1 heteroatoms. The zero-order valence-corrected chi connectivity index (χ0v) is 10.7. The summed E-state index contributed by atoms with van der Waals surface area (Å²) in [6.07, 6.45) is 7.09. The fourth-order valence-corrected chi connectivity index (χ4v) is 3.94. The predicted molar refractivity (Wildman–Crippen MR) is 71.7 cm³/mol. The number of nitrogens with two attached hydrogens (primary N) is 1. The van der Waals surface area contributed by atoms with Crippen molar-refractivity contribution in [3.05, 3.63) is 35.4 Å². The van der Waals surface area contributed by atoms with Crippen molar-refractivity contribution < 1.29 is 0 Å². The van der Waals surface area contributed by atoms with Crippen LogP contribution in [0.15, 0.2) is 24.3 Å². The Labute approximate surface area is 104 Å². The summed E-state index contributed by atoms with van der Waals surface area (Å²) in [5.74, 6) is 2.94. The molecular formula is C16H23N. The van der Waals surface area contributed by atoms with Gasteiger partial charge in [0.1, 0.15) is 0 Å². The average molecular weight is 229 g/mol. The Hall–Kier alpha value is -0.820. The van der Waals surface area contributed by atoms with E-state index >= 15 is 0 Å². The highest BCUT2D eigenvalue weighted by atomic mass is 14.6. The molecule has 2 N–H and O–H groups in total. The van der Waals surface area contributed by atoms with E-state index < -0.39 is 0 Å². The number of hydrogen-bond donors (Lipinski definition) is 1. The van der Waals surface area contributed by atoms with Crippen LogP contribution in [0, 0.1) is 24.7 Å². The lowest BCUT2D eigenvalue weighted by Gasteiger charge is -2.25. The van der Waals surface area contributed by atoms with Crippen molar-refractivity contribution in [2.45, 2.75) is 45.1 Å². The monoisotopic (exact) mass is 229 g/mol. The molecule has 0 saturated heterocycles. The van der Waals surface area contributed by atoms with Crippen molar-refractivity contribution in [3.63, 3.8) is 0 Å². The van der Waals surface area contributed by atoms with Gasteiger partial charge in [0.25, 0.3) is 0 Å². The minimum Gasteiger partial charge on any atom is -0.324 e. The van der Waals surface area contributed by atoms with Crippen molar-refractivity contribution in [1.29, 1.82) is 0 Å². The van der Waals surface area contributed by atoms with Crippen LogP contribution in [0.3, 0.4) is 0 Å². The van der Waals surface area contributed by atoms with Gasteiger partial charge in [-0.2, -0.15) is 0 Å². The highest BCUT2D eigenvalue weighted by molar-refractivity contribution is 5.24. The number of aryl methyl sites for hydroxylation is 1. The molecule has 0 spiro atoms. The van der Waals surface area contributed by atoms with Crippen LogP contribution < -0.4 is 5.73 Å². The molecule has 4 unspecified atom stereocenters. The second kappa shape index (κ2) is 4.45. The smallest absolute Gasteiger partial charge is 0.0297 e. The Balaban J connectivity index is 1.63. The maximum Gasteiger partial charge on any atom is 0.0297 e. The third kappa shape index (κ3) is 2.26. The molecule has 0 aliphatic heterocycles. The maximum absolute atomic E-state index is 6.36. The van der Waals surface area contributed by atoms with E-state index in [0.717, 1.165) is 17.8 Å². The van der Waals surface area contributed by atoms with E-state index in [2.05, 4.69) is 31.2 Å². The van der Waals surface area contributed by atoms with Crippen molar-refractivity contribution in [2.24, 2.45) is 23.5 Å². The van der Waals surface area contributed by atoms with Crippen LogP contribution in [0.2, 0.25) is 0 Å². The summed E-state index contributed by atoms with van der Waals surface area (Å²) in [6, 6.07) is 9.01. The minimum absolute atomic E-state index is 0.250. The van der Waals surface area contributed by atoms with E-state index in [4.69, 9.17) is 5.73 Å². The summed E-state index contributed by atoms with van der Waals surface area (Å²) >= 11 is 0. The molecule has 2 aliphatic rings. The number of hydrogen-bond acceptors (Lipinski definition) is 1. The van der Waals surface area contributed by atoms with E-state index in [-0.39, 0.29) is 6.04 Å². The highest BCUT2D eigenvalue weighted by Crippen LogP contribution is 2.50. The topological polar surface area (TPSA) is 26.0 Å². The number of rotatable bonds is 3. The Kier molecular flexibility index (Phi) is 2.96. The Bertz CT molecular complexity index is 381. The molecule has 4 atom stereocenters. The van der Waals surface area contributed by atoms with Crippen LogP contribution in [0.1, 0.15) is 49.3 Å². The Morgan fingerprint density at radius 2 is 1.94 bits per heavy atom. The lowest BCUT2D eigenvalue weighted by Crippen LogP contribution is -2.19. The van der Waals surface area contributed by atoms with Gasteiger partial charge in [0.05, 0.1) is 0 Å². The maximum atomic E-state index is 6.36. The molecule has 3 rings (SSSR count). The van der Waals surface area contributed by atoms with Crippen LogP contribution in [-0.2, 0) is 0 Å². The largest absolute Gasteiger partial charge is 0.324 e.